The number of ketones is 1. The van der Waals surface area contributed by atoms with Gasteiger partial charge < -0.3 is 5.32 Å². The van der Waals surface area contributed by atoms with Gasteiger partial charge >= 0.3 is 6.18 Å². The number of carbonyl (C=O) groups is 2. The summed E-state index contributed by atoms with van der Waals surface area (Å²) in [6.07, 6.45) is -3.67. The van der Waals surface area contributed by atoms with Gasteiger partial charge in [-0.15, -0.1) is 0 Å². The molecule has 4 aromatic rings. The van der Waals surface area contributed by atoms with Crippen molar-refractivity contribution in [2.45, 2.75) is 13.1 Å². The summed E-state index contributed by atoms with van der Waals surface area (Å²) in [5, 5.41) is 6.33. The maximum atomic E-state index is 13.7. The molecule has 2 aromatic carbocycles. The highest BCUT2D eigenvalue weighted by Gasteiger charge is 2.36. The highest BCUT2D eigenvalue weighted by molar-refractivity contribution is 6.08. The lowest BCUT2D eigenvalue weighted by atomic mass is 10.1. The number of fused-ring (bicyclic) bond motifs is 1. The Bertz CT molecular complexity index is 1300. The first-order chi connectivity index (χ1) is 14.7. The van der Waals surface area contributed by atoms with Crippen molar-refractivity contribution in [3.8, 4) is 11.3 Å². The smallest absolute Gasteiger partial charge is 0.322 e. The Labute approximate surface area is 174 Å². The third kappa shape index (κ3) is 4.02. The van der Waals surface area contributed by atoms with Gasteiger partial charge in [-0.25, -0.2) is 9.50 Å². The van der Waals surface area contributed by atoms with Gasteiger partial charge in [0.15, 0.2) is 17.1 Å². The Morgan fingerprint density at radius 1 is 1.00 bits per heavy atom. The van der Waals surface area contributed by atoms with Gasteiger partial charge in [0.05, 0.1) is 11.9 Å². The van der Waals surface area contributed by atoms with E-state index in [9.17, 15) is 22.8 Å². The molecule has 0 saturated heterocycles. The summed E-state index contributed by atoms with van der Waals surface area (Å²) in [6.45, 7) is 1.39. The van der Waals surface area contributed by atoms with Crippen LogP contribution in [0.15, 0.2) is 66.9 Å². The molecule has 0 unspecified atom stereocenters. The van der Waals surface area contributed by atoms with Crippen LogP contribution in [0.5, 0.6) is 0 Å². The average Bonchev–Trinajstić information content (AvgIpc) is 3.17. The number of hydrogen-bond donors (Lipinski definition) is 1. The number of alkyl halides is 3. The summed E-state index contributed by atoms with van der Waals surface area (Å²) >= 11 is 0. The summed E-state index contributed by atoms with van der Waals surface area (Å²) in [5.74, 6) is -0.877. The van der Waals surface area contributed by atoms with Crippen LogP contribution in [-0.4, -0.2) is 26.3 Å². The number of nitrogens with one attached hydrogen (secondary N) is 1. The van der Waals surface area contributed by atoms with Gasteiger partial charge in [0.1, 0.15) is 5.56 Å². The number of halogens is 3. The minimum absolute atomic E-state index is 0.0635. The monoisotopic (exact) mass is 424 g/mol. The van der Waals surface area contributed by atoms with Crippen LogP contribution in [0.4, 0.5) is 18.9 Å². The van der Waals surface area contributed by atoms with Crippen molar-refractivity contribution in [2.24, 2.45) is 0 Å². The van der Waals surface area contributed by atoms with Crippen LogP contribution in [0, 0.1) is 0 Å². The molecule has 0 spiro atoms. The summed E-state index contributed by atoms with van der Waals surface area (Å²) in [7, 11) is 0. The van der Waals surface area contributed by atoms with E-state index in [0.717, 1.165) is 12.3 Å². The predicted molar refractivity (Wildman–Crippen MR) is 108 cm³/mol. The molecule has 0 aliphatic rings. The zero-order valence-electron chi connectivity index (χ0n) is 16.1. The number of anilines is 1. The summed E-state index contributed by atoms with van der Waals surface area (Å²) in [4.78, 5) is 28.6. The van der Waals surface area contributed by atoms with Crippen molar-refractivity contribution in [1.29, 1.82) is 0 Å². The van der Waals surface area contributed by atoms with Gasteiger partial charge in [0.2, 0.25) is 0 Å². The Morgan fingerprint density at radius 2 is 1.74 bits per heavy atom. The largest absolute Gasteiger partial charge is 0.433 e. The van der Waals surface area contributed by atoms with Gasteiger partial charge in [0, 0.05) is 16.8 Å². The molecular formula is C22H15F3N4O2. The number of nitrogens with zero attached hydrogens (tertiary/aromatic N) is 3. The first kappa shape index (κ1) is 20.3. The van der Waals surface area contributed by atoms with Crippen LogP contribution < -0.4 is 5.32 Å². The van der Waals surface area contributed by atoms with Gasteiger partial charge in [0.25, 0.3) is 5.91 Å². The molecule has 31 heavy (non-hydrogen) atoms. The van der Waals surface area contributed by atoms with E-state index in [1.807, 2.05) is 0 Å². The van der Waals surface area contributed by atoms with Crippen LogP contribution >= 0.6 is 0 Å². The molecular weight excluding hydrogens is 409 g/mol. The van der Waals surface area contributed by atoms with Gasteiger partial charge in [-0.3, -0.25) is 9.59 Å². The van der Waals surface area contributed by atoms with Crippen LogP contribution in [0.25, 0.3) is 16.9 Å². The van der Waals surface area contributed by atoms with E-state index in [4.69, 9.17) is 0 Å². The Morgan fingerprint density at radius 3 is 2.42 bits per heavy atom. The maximum absolute atomic E-state index is 13.7. The third-order valence-corrected chi connectivity index (χ3v) is 4.60. The number of hydrogen-bond acceptors (Lipinski definition) is 4. The number of aromatic nitrogens is 3. The SMILES string of the molecule is CC(=O)c1cccc(NC(=O)c2cnn3c(C(F)(F)F)cc(-c4ccccc4)nc23)c1. The fraction of sp³-hybridized carbons (Fsp3) is 0.0909. The van der Waals surface area contributed by atoms with E-state index in [-0.39, 0.29) is 22.7 Å². The molecule has 2 heterocycles. The Hall–Kier alpha value is -4.01. The standard InChI is InChI=1S/C22H15F3N4O2/c1-13(30)15-8-5-9-16(10-15)27-21(31)17-12-26-29-19(22(23,24)25)11-18(28-20(17)29)14-6-3-2-4-7-14/h2-12H,1H3,(H,27,31). The zero-order valence-corrected chi connectivity index (χ0v) is 16.1. The molecule has 0 bridgehead atoms. The van der Waals surface area contributed by atoms with Crippen molar-refractivity contribution in [3.05, 3.63) is 83.7 Å². The van der Waals surface area contributed by atoms with Crippen molar-refractivity contribution in [1.82, 2.24) is 14.6 Å². The maximum Gasteiger partial charge on any atom is 0.433 e. The average molecular weight is 424 g/mol. The second-order valence-corrected chi connectivity index (χ2v) is 6.78. The van der Waals surface area contributed by atoms with E-state index < -0.39 is 17.8 Å². The fourth-order valence-electron chi connectivity index (χ4n) is 3.10. The minimum atomic E-state index is -4.71. The van der Waals surface area contributed by atoms with E-state index in [1.54, 1.807) is 48.5 Å². The van der Waals surface area contributed by atoms with Gasteiger partial charge in [-0.1, -0.05) is 42.5 Å². The molecule has 0 aliphatic heterocycles. The highest BCUT2D eigenvalue weighted by atomic mass is 19.4. The Balaban J connectivity index is 1.81. The number of rotatable bonds is 4. The number of carbonyl (C=O) groups excluding carboxylic acids is 2. The molecule has 0 aliphatic carbocycles. The van der Waals surface area contributed by atoms with E-state index in [0.29, 0.717) is 21.3 Å². The second kappa shape index (κ2) is 7.67. The lowest BCUT2D eigenvalue weighted by Gasteiger charge is -2.12. The van der Waals surface area contributed by atoms with Crippen molar-refractivity contribution in [3.63, 3.8) is 0 Å². The molecule has 0 fully saturated rings. The second-order valence-electron chi connectivity index (χ2n) is 6.78. The fourth-order valence-corrected chi connectivity index (χ4v) is 3.10. The molecule has 4 rings (SSSR count). The molecule has 1 N–H and O–H groups in total. The van der Waals surface area contributed by atoms with Crippen LogP contribution in [-0.2, 0) is 6.18 Å². The number of benzene rings is 2. The molecule has 156 valence electrons. The van der Waals surface area contributed by atoms with Gasteiger partial charge in [-0.05, 0) is 25.1 Å². The zero-order chi connectivity index (χ0) is 22.2. The first-order valence-electron chi connectivity index (χ1n) is 9.18. The quantitative estimate of drug-likeness (QED) is 0.474. The van der Waals surface area contributed by atoms with E-state index in [2.05, 4.69) is 15.4 Å². The molecule has 9 heteroatoms. The minimum Gasteiger partial charge on any atom is -0.322 e. The summed E-state index contributed by atoms with van der Waals surface area (Å²) in [6, 6.07) is 15.5. The van der Waals surface area contributed by atoms with E-state index in [1.165, 1.54) is 13.0 Å². The van der Waals surface area contributed by atoms with Crippen molar-refractivity contribution >= 4 is 23.0 Å². The lowest BCUT2D eigenvalue weighted by molar-refractivity contribution is -0.142. The summed E-state index contributed by atoms with van der Waals surface area (Å²) in [5.41, 5.74) is -0.154. The number of amides is 1. The number of Topliss-reactive ketones (excluding diaryl/α,β-unsaturated/α-hetero) is 1. The lowest BCUT2D eigenvalue weighted by Crippen LogP contribution is -2.16. The van der Waals surface area contributed by atoms with Crippen LogP contribution in [0.1, 0.15) is 33.3 Å². The molecule has 0 saturated carbocycles. The third-order valence-electron chi connectivity index (χ3n) is 4.60. The topological polar surface area (TPSA) is 76.4 Å². The highest BCUT2D eigenvalue weighted by Crippen LogP contribution is 2.32. The molecule has 2 aromatic heterocycles. The van der Waals surface area contributed by atoms with Gasteiger partial charge in [-0.2, -0.15) is 18.3 Å². The van der Waals surface area contributed by atoms with Crippen molar-refractivity contribution in [2.75, 3.05) is 5.32 Å². The molecule has 1 amide bonds. The Kier molecular flexibility index (Phi) is 5.02. The van der Waals surface area contributed by atoms with Crippen LogP contribution in [0.3, 0.4) is 0 Å². The first-order valence-corrected chi connectivity index (χ1v) is 9.18. The van der Waals surface area contributed by atoms with Crippen molar-refractivity contribution < 1.29 is 22.8 Å². The molecule has 0 radical (unpaired) electrons. The summed E-state index contributed by atoms with van der Waals surface area (Å²) < 4.78 is 41.6. The predicted octanol–water partition coefficient (Wildman–Crippen LogP) is 4.87. The van der Waals surface area contributed by atoms with Crippen LogP contribution in [0.2, 0.25) is 0 Å². The van der Waals surface area contributed by atoms with E-state index >= 15 is 0 Å². The normalized spacial score (nSPS) is 11.5. The molecule has 6 nitrogen and oxygen atoms in total. The molecule has 0 atom stereocenters.